The Labute approximate surface area is 249 Å². The molecule has 0 saturated carbocycles. The van der Waals surface area contributed by atoms with Crippen molar-refractivity contribution in [2.45, 2.75) is 61.1 Å². The number of amides is 1. The molecule has 0 aliphatic heterocycles. The lowest BCUT2D eigenvalue weighted by molar-refractivity contribution is 0.0947. The molecule has 222 valence electrons. The van der Waals surface area contributed by atoms with Gasteiger partial charge in [0.25, 0.3) is 5.91 Å². The van der Waals surface area contributed by atoms with E-state index in [2.05, 4.69) is 99.2 Å². The third kappa shape index (κ3) is 12.1. The van der Waals surface area contributed by atoms with Crippen molar-refractivity contribution in [2.24, 2.45) is 17.8 Å². The summed E-state index contributed by atoms with van der Waals surface area (Å²) in [6, 6.07) is 28.9. The van der Waals surface area contributed by atoms with Gasteiger partial charge in [-0.05, 0) is 66.1 Å². The third-order valence-electron chi connectivity index (χ3n) is 6.92. The summed E-state index contributed by atoms with van der Waals surface area (Å²) in [4.78, 5) is 18.3. The van der Waals surface area contributed by atoms with Crippen LogP contribution in [-0.2, 0) is 13.1 Å². The highest BCUT2D eigenvalue weighted by molar-refractivity contribution is 5.95. The molecule has 0 aliphatic rings. The first-order chi connectivity index (χ1) is 19.7. The number of benzene rings is 3. The highest BCUT2D eigenvalue weighted by Gasteiger charge is 2.15. The Morgan fingerprint density at radius 1 is 0.610 bits per heavy atom. The van der Waals surface area contributed by atoms with Crippen LogP contribution in [0.25, 0.3) is 0 Å². The van der Waals surface area contributed by atoms with Crippen LogP contribution in [0.15, 0.2) is 84.9 Å². The number of rotatable bonds is 17. The van der Waals surface area contributed by atoms with Crippen molar-refractivity contribution in [1.29, 1.82) is 0 Å². The molecule has 0 radical (unpaired) electrons. The minimum atomic E-state index is -0.0856. The van der Waals surface area contributed by atoms with E-state index in [0.717, 1.165) is 57.9 Å². The smallest absolute Gasteiger partial charge is 0.269 e. The Balaban J connectivity index is 1.65. The normalized spacial score (nSPS) is 11.7. The second kappa shape index (κ2) is 17.0. The summed E-state index contributed by atoms with van der Waals surface area (Å²) in [6.45, 7) is 20.5. The average molecular weight is 557 g/mol. The number of anilines is 1. The average Bonchev–Trinajstić information content (AvgIpc) is 2.93. The molecule has 5 nitrogen and oxygen atoms in total. The van der Waals surface area contributed by atoms with E-state index in [1.54, 1.807) is 0 Å². The molecule has 0 heterocycles. The number of nitrogens with one attached hydrogen (secondary N) is 1. The molecule has 3 aromatic carbocycles. The summed E-state index contributed by atoms with van der Waals surface area (Å²) >= 11 is 0. The van der Waals surface area contributed by atoms with Crippen molar-refractivity contribution in [1.82, 2.24) is 15.2 Å². The van der Waals surface area contributed by atoms with E-state index in [9.17, 15) is 4.79 Å². The number of para-hydroxylation sites is 1. The maximum atomic E-state index is 13.2. The van der Waals surface area contributed by atoms with Gasteiger partial charge in [-0.25, -0.2) is 0 Å². The van der Waals surface area contributed by atoms with Crippen molar-refractivity contribution in [3.05, 3.63) is 102 Å². The van der Waals surface area contributed by atoms with E-state index in [4.69, 9.17) is 0 Å². The van der Waals surface area contributed by atoms with Gasteiger partial charge < -0.3 is 4.90 Å². The van der Waals surface area contributed by atoms with Gasteiger partial charge in [-0.2, -0.15) is 0 Å². The Morgan fingerprint density at radius 2 is 1.10 bits per heavy atom. The van der Waals surface area contributed by atoms with Crippen LogP contribution >= 0.6 is 0 Å². The minimum absolute atomic E-state index is 0.0856. The molecule has 5 heteroatoms. The number of hydrazine groups is 1. The van der Waals surface area contributed by atoms with E-state index < -0.39 is 0 Å². The Morgan fingerprint density at radius 3 is 1.63 bits per heavy atom. The molecule has 0 spiro atoms. The molecule has 1 N–H and O–H groups in total. The summed E-state index contributed by atoms with van der Waals surface area (Å²) in [7, 11) is 0. The predicted molar refractivity (Wildman–Crippen MR) is 174 cm³/mol. The summed E-state index contributed by atoms with van der Waals surface area (Å²) in [5.74, 6) is 1.68. The van der Waals surface area contributed by atoms with Crippen LogP contribution in [-0.4, -0.2) is 48.4 Å². The largest absolute Gasteiger partial charge is 0.303 e. The predicted octanol–water partition coefficient (Wildman–Crippen LogP) is 7.50. The molecule has 41 heavy (non-hydrogen) atoms. The fourth-order valence-electron chi connectivity index (χ4n) is 5.26. The van der Waals surface area contributed by atoms with Crippen LogP contribution < -0.4 is 10.4 Å². The van der Waals surface area contributed by atoms with Crippen LogP contribution in [0.5, 0.6) is 0 Å². The SMILES string of the molecule is CC(C)CN(CCCN(Cc1ccccc1)Cc1ccc(C(=O)NN(CC(C)C)c2ccccc2)cc1)CC(C)C. The van der Waals surface area contributed by atoms with Crippen LogP contribution in [0.3, 0.4) is 0 Å². The van der Waals surface area contributed by atoms with Gasteiger partial charge in [0.05, 0.1) is 5.69 Å². The number of carbonyl (C=O) groups is 1. The lowest BCUT2D eigenvalue weighted by Crippen LogP contribution is -2.44. The van der Waals surface area contributed by atoms with Crippen LogP contribution in [0, 0.1) is 17.8 Å². The fraction of sp³-hybridized carbons (Fsp3) is 0.472. The van der Waals surface area contributed by atoms with Gasteiger partial charge >= 0.3 is 0 Å². The van der Waals surface area contributed by atoms with Crippen molar-refractivity contribution in [3.8, 4) is 0 Å². The topological polar surface area (TPSA) is 38.8 Å². The van der Waals surface area contributed by atoms with Gasteiger partial charge in [0.2, 0.25) is 0 Å². The van der Waals surface area contributed by atoms with Crippen LogP contribution in [0.1, 0.15) is 69.4 Å². The Bertz CT molecular complexity index is 1120. The van der Waals surface area contributed by atoms with E-state index in [1.807, 2.05) is 47.5 Å². The highest BCUT2D eigenvalue weighted by atomic mass is 16.2. The number of hydrogen-bond donors (Lipinski definition) is 1. The van der Waals surface area contributed by atoms with Crippen molar-refractivity contribution in [2.75, 3.05) is 37.7 Å². The molecule has 0 aliphatic carbocycles. The molecule has 3 rings (SSSR count). The van der Waals surface area contributed by atoms with E-state index in [1.165, 1.54) is 11.1 Å². The van der Waals surface area contributed by atoms with Crippen LogP contribution in [0.4, 0.5) is 5.69 Å². The molecule has 1 amide bonds. The minimum Gasteiger partial charge on any atom is -0.303 e. The zero-order valence-corrected chi connectivity index (χ0v) is 26.2. The fourth-order valence-corrected chi connectivity index (χ4v) is 5.26. The lowest BCUT2D eigenvalue weighted by atomic mass is 10.1. The van der Waals surface area contributed by atoms with Crippen LogP contribution in [0.2, 0.25) is 0 Å². The first-order valence-electron chi connectivity index (χ1n) is 15.4. The molecule has 0 unspecified atom stereocenters. The molecule has 0 atom stereocenters. The number of hydrogen-bond acceptors (Lipinski definition) is 4. The second-order valence-corrected chi connectivity index (χ2v) is 12.6. The Kier molecular flexibility index (Phi) is 13.4. The summed E-state index contributed by atoms with van der Waals surface area (Å²) < 4.78 is 0. The first-order valence-corrected chi connectivity index (χ1v) is 15.4. The molecule has 3 aromatic rings. The van der Waals surface area contributed by atoms with Crippen molar-refractivity contribution < 1.29 is 4.79 Å². The Hall–Kier alpha value is -3.15. The second-order valence-electron chi connectivity index (χ2n) is 12.6. The zero-order chi connectivity index (χ0) is 29.6. The summed E-state index contributed by atoms with van der Waals surface area (Å²) in [6.07, 6.45) is 1.14. The van der Waals surface area contributed by atoms with E-state index in [-0.39, 0.29) is 5.91 Å². The summed E-state index contributed by atoms with van der Waals surface area (Å²) in [5.41, 5.74) is 7.33. The first kappa shape index (κ1) is 32.4. The molecule has 0 fully saturated rings. The van der Waals surface area contributed by atoms with Crippen molar-refractivity contribution in [3.63, 3.8) is 0 Å². The van der Waals surface area contributed by atoms with E-state index >= 15 is 0 Å². The molecular weight excluding hydrogens is 504 g/mol. The molecule has 0 saturated heterocycles. The number of nitrogens with zero attached hydrogens (tertiary/aromatic N) is 3. The van der Waals surface area contributed by atoms with Gasteiger partial charge in [-0.3, -0.25) is 20.1 Å². The molecule has 0 aromatic heterocycles. The van der Waals surface area contributed by atoms with Gasteiger partial charge in [-0.1, -0.05) is 102 Å². The highest BCUT2D eigenvalue weighted by Crippen LogP contribution is 2.16. The number of carbonyl (C=O) groups excluding carboxylic acids is 1. The lowest BCUT2D eigenvalue weighted by Gasteiger charge is -2.28. The standard InChI is InChI=1S/C36H52N4O/c1-29(2)24-38(25-30(3)4)22-13-23-39(27-32-14-9-7-10-15-32)28-33-18-20-34(21-19-33)36(41)37-40(26-31(5)6)35-16-11-8-12-17-35/h7-12,14-21,29-31H,13,22-28H2,1-6H3,(H,37,41). The van der Waals surface area contributed by atoms with Gasteiger partial charge in [0.15, 0.2) is 0 Å². The quantitative estimate of drug-likeness (QED) is 0.175. The molecule has 0 bridgehead atoms. The van der Waals surface area contributed by atoms with Crippen molar-refractivity contribution >= 4 is 11.6 Å². The zero-order valence-electron chi connectivity index (χ0n) is 26.2. The van der Waals surface area contributed by atoms with Gasteiger partial charge in [0, 0.05) is 44.8 Å². The maximum absolute atomic E-state index is 13.2. The monoisotopic (exact) mass is 556 g/mol. The third-order valence-corrected chi connectivity index (χ3v) is 6.92. The van der Waals surface area contributed by atoms with Gasteiger partial charge in [0.1, 0.15) is 0 Å². The van der Waals surface area contributed by atoms with E-state index in [0.29, 0.717) is 23.3 Å². The van der Waals surface area contributed by atoms with Gasteiger partial charge in [-0.15, -0.1) is 0 Å². The summed E-state index contributed by atoms with van der Waals surface area (Å²) in [5, 5.41) is 1.95. The molecular formula is C36H52N4O. The maximum Gasteiger partial charge on any atom is 0.269 e.